The SMILES string of the molecule is COC(=O)c1ccc(N2CCN(CC3=C(c4ccc(Cl)cc4)CC(C)(C)CC3)CC2)cc1Oc1cnc(N)c(C)c1. The predicted molar refractivity (Wildman–Crippen MR) is 166 cm³/mol. The maximum atomic E-state index is 12.5. The Morgan fingerprint density at radius 2 is 1.80 bits per heavy atom. The second kappa shape index (κ2) is 12.1. The van der Waals surface area contributed by atoms with E-state index in [0.29, 0.717) is 28.3 Å². The van der Waals surface area contributed by atoms with E-state index >= 15 is 0 Å². The molecule has 1 aliphatic carbocycles. The summed E-state index contributed by atoms with van der Waals surface area (Å²) >= 11 is 6.19. The number of hydrogen-bond acceptors (Lipinski definition) is 7. The van der Waals surface area contributed by atoms with Crippen LogP contribution in [0.25, 0.3) is 5.57 Å². The van der Waals surface area contributed by atoms with Gasteiger partial charge < -0.3 is 20.1 Å². The molecule has 0 unspecified atom stereocenters. The lowest BCUT2D eigenvalue weighted by molar-refractivity contribution is 0.0598. The Morgan fingerprint density at radius 3 is 2.49 bits per heavy atom. The van der Waals surface area contributed by atoms with Crippen LogP contribution in [-0.4, -0.2) is 55.7 Å². The van der Waals surface area contributed by atoms with Crippen LogP contribution in [0.3, 0.4) is 0 Å². The minimum absolute atomic E-state index is 0.300. The highest BCUT2D eigenvalue weighted by Crippen LogP contribution is 2.43. The Bertz CT molecular complexity index is 1440. The van der Waals surface area contributed by atoms with Crippen molar-refractivity contribution in [2.45, 2.75) is 40.0 Å². The number of carbonyl (C=O) groups excluding carboxylic acids is 1. The van der Waals surface area contributed by atoms with Crippen LogP contribution in [0.2, 0.25) is 5.02 Å². The smallest absolute Gasteiger partial charge is 0.341 e. The van der Waals surface area contributed by atoms with Gasteiger partial charge in [-0.05, 0) is 78.6 Å². The molecule has 3 aromatic rings. The van der Waals surface area contributed by atoms with Crippen LogP contribution in [-0.2, 0) is 4.74 Å². The fourth-order valence-corrected chi connectivity index (χ4v) is 5.84. The molecular weight excluding hydrogens is 536 g/mol. The largest absolute Gasteiger partial charge is 0.465 e. The minimum atomic E-state index is -0.447. The number of allylic oxidation sites excluding steroid dienone is 1. The molecule has 5 rings (SSSR count). The van der Waals surface area contributed by atoms with Gasteiger partial charge in [0.2, 0.25) is 0 Å². The summed E-state index contributed by atoms with van der Waals surface area (Å²) in [7, 11) is 1.37. The van der Waals surface area contributed by atoms with Crippen molar-refractivity contribution in [3.8, 4) is 11.5 Å². The third kappa shape index (κ3) is 6.85. The molecule has 1 fully saturated rings. The fourth-order valence-electron chi connectivity index (χ4n) is 5.71. The standard InChI is InChI=1S/C33H39ClN4O3/c1-22-17-27(20-36-31(22)35)41-30-18-26(9-10-28(30)32(39)40-4)38-15-13-37(14-16-38)21-24-11-12-33(2,3)19-29(24)23-5-7-25(34)8-6-23/h5-10,17-18,20H,11-16,19,21H2,1-4H3,(H2,35,36). The van der Waals surface area contributed by atoms with E-state index in [1.807, 2.05) is 37.3 Å². The zero-order valence-corrected chi connectivity index (χ0v) is 25.1. The normalized spacial score (nSPS) is 17.4. The number of methoxy groups -OCH3 is 1. The Kier molecular flexibility index (Phi) is 8.57. The van der Waals surface area contributed by atoms with Crippen molar-refractivity contribution < 1.29 is 14.3 Å². The summed E-state index contributed by atoms with van der Waals surface area (Å²) in [5.41, 5.74) is 12.7. The van der Waals surface area contributed by atoms with Crippen molar-refractivity contribution in [3.05, 3.63) is 82.0 Å². The molecule has 2 heterocycles. The molecule has 0 bridgehead atoms. The van der Waals surface area contributed by atoms with Crippen LogP contribution < -0.4 is 15.4 Å². The second-order valence-electron chi connectivity index (χ2n) is 11.8. The van der Waals surface area contributed by atoms with Gasteiger partial charge in [-0.3, -0.25) is 4.90 Å². The van der Waals surface area contributed by atoms with E-state index in [4.69, 9.17) is 26.8 Å². The van der Waals surface area contributed by atoms with Gasteiger partial charge in [0.1, 0.15) is 22.9 Å². The number of rotatable bonds is 7. The molecule has 2 aliphatic rings. The van der Waals surface area contributed by atoms with Gasteiger partial charge >= 0.3 is 5.97 Å². The van der Waals surface area contributed by atoms with E-state index in [1.54, 1.807) is 17.8 Å². The van der Waals surface area contributed by atoms with Gasteiger partial charge in [0.05, 0.1) is 13.3 Å². The van der Waals surface area contributed by atoms with Crippen LogP contribution in [0, 0.1) is 12.3 Å². The third-order valence-electron chi connectivity index (χ3n) is 8.22. The van der Waals surface area contributed by atoms with Gasteiger partial charge in [-0.1, -0.05) is 43.2 Å². The number of halogens is 1. The average Bonchev–Trinajstić information content (AvgIpc) is 2.96. The number of piperazine rings is 1. The monoisotopic (exact) mass is 574 g/mol. The molecule has 216 valence electrons. The van der Waals surface area contributed by atoms with Crippen molar-refractivity contribution in [2.24, 2.45) is 5.41 Å². The van der Waals surface area contributed by atoms with Gasteiger partial charge in [0.25, 0.3) is 0 Å². The van der Waals surface area contributed by atoms with Gasteiger partial charge in [0.15, 0.2) is 0 Å². The number of ether oxygens (including phenoxy) is 2. The molecule has 8 heteroatoms. The number of benzene rings is 2. The lowest BCUT2D eigenvalue weighted by Crippen LogP contribution is -2.47. The molecule has 1 saturated heterocycles. The maximum absolute atomic E-state index is 12.5. The second-order valence-corrected chi connectivity index (χ2v) is 12.3. The summed E-state index contributed by atoms with van der Waals surface area (Å²) in [4.78, 5) is 21.6. The van der Waals surface area contributed by atoms with Gasteiger partial charge in [-0.2, -0.15) is 0 Å². The Hall–Kier alpha value is -3.55. The summed E-state index contributed by atoms with van der Waals surface area (Å²) in [5.74, 6) is 0.955. The lowest BCUT2D eigenvalue weighted by atomic mass is 9.72. The first-order valence-corrected chi connectivity index (χ1v) is 14.6. The van der Waals surface area contributed by atoms with Crippen molar-refractivity contribution in [2.75, 3.05) is 50.5 Å². The summed E-state index contributed by atoms with van der Waals surface area (Å²) < 4.78 is 11.1. The number of esters is 1. The van der Waals surface area contributed by atoms with Crippen LogP contribution in [0.15, 0.2) is 60.3 Å². The number of aromatic nitrogens is 1. The number of anilines is 2. The molecule has 1 aliphatic heterocycles. The molecule has 0 saturated carbocycles. The number of pyridine rings is 1. The first-order valence-electron chi connectivity index (χ1n) is 14.2. The van der Waals surface area contributed by atoms with E-state index in [-0.39, 0.29) is 0 Å². The first kappa shape index (κ1) is 29.0. The number of nitrogen functional groups attached to an aromatic ring is 1. The topological polar surface area (TPSA) is 80.9 Å². The van der Waals surface area contributed by atoms with Crippen LogP contribution in [0.4, 0.5) is 11.5 Å². The first-order chi connectivity index (χ1) is 19.6. The average molecular weight is 575 g/mol. The van der Waals surface area contributed by atoms with E-state index < -0.39 is 5.97 Å². The number of aryl methyl sites for hydroxylation is 1. The zero-order valence-electron chi connectivity index (χ0n) is 24.4. The Labute approximate surface area is 247 Å². The third-order valence-corrected chi connectivity index (χ3v) is 8.47. The number of nitrogens with two attached hydrogens (primary N) is 1. The van der Waals surface area contributed by atoms with Crippen molar-refractivity contribution >= 4 is 34.6 Å². The highest BCUT2D eigenvalue weighted by atomic mass is 35.5. The van der Waals surface area contributed by atoms with E-state index in [0.717, 1.165) is 61.8 Å². The van der Waals surface area contributed by atoms with Crippen molar-refractivity contribution in [1.29, 1.82) is 0 Å². The summed E-state index contributed by atoms with van der Waals surface area (Å²) in [6, 6.07) is 15.8. The zero-order chi connectivity index (χ0) is 29.1. The Morgan fingerprint density at radius 1 is 1.07 bits per heavy atom. The lowest BCUT2D eigenvalue weighted by Gasteiger charge is -2.39. The fraction of sp³-hybridized carbons (Fsp3) is 0.394. The quantitative estimate of drug-likeness (QED) is 0.304. The summed E-state index contributed by atoms with van der Waals surface area (Å²) in [6.07, 6.45) is 4.98. The molecule has 0 radical (unpaired) electrons. The van der Waals surface area contributed by atoms with Crippen molar-refractivity contribution in [3.63, 3.8) is 0 Å². The molecule has 2 N–H and O–H groups in total. The van der Waals surface area contributed by atoms with Gasteiger partial charge in [-0.15, -0.1) is 0 Å². The molecule has 7 nitrogen and oxygen atoms in total. The van der Waals surface area contributed by atoms with E-state index in [1.165, 1.54) is 24.7 Å². The minimum Gasteiger partial charge on any atom is -0.465 e. The van der Waals surface area contributed by atoms with Gasteiger partial charge in [0, 0.05) is 49.5 Å². The maximum Gasteiger partial charge on any atom is 0.341 e. The van der Waals surface area contributed by atoms with Crippen LogP contribution >= 0.6 is 11.6 Å². The molecule has 2 aromatic carbocycles. The molecule has 0 spiro atoms. The number of nitrogens with zero attached hydrogens (tertiary/aromatic N) is 3. The molecular formula is C33H39ClN4O3. The highest BCUT2D eigenvalue weighted by molar-refractivity contribution is 6.30. The summed E-state index contributed by atoms with van der Waals surface area (Å²) in [5, 5.41) is 0.774. The van der Waals surface area contributed by atoms with E-state index in [2.05, 4.69) is 40.8 Å². The highest BCUT2D eigenvalue weighted by Gasteiger charge is 2.29. The van der Waals surface area contributed by atoms with Crippen LogP contribution in [0.5, 0.6) is 11.5 Å². The molecule has 1 aromatic heterocycles. The summed E-state index contributed by atoms with van der Waals surface area (Å²) in [6.45, 7) is 11.3. The van der Waals surface area contributed by atoms with E-state index in [9.17, 15) is 4.79 Å². The number of carbonyl (C=O) groups is 1. The Balaban J connectivity index is 1.31. The molecule has 0 amide bonds. The van der Waals surface area contributed by atoms with Gasteiger partial charge in [-0.25, -0.2) is 9.78 Å². The molecule has 0 atom stereocenters. The molecule has 41 heavy (non-hydrogen) atoms. The number of hydrogen-bond donors (Lipinski definition) is 1. The van der Waals surface area contributed by atoms with Crippen LogP contribution in [0.1, 0.15) is 54.6 Å². The predicted octanol–water partition coefficient (Wildman–Crippen LogP) is 6.99. The van der Waals surface area contributed by atoms with Crippen molar-refractivity contribution in [1.82, 2.24) is 9.88 Å².